The molecule has 2 N–H and O–H groups in total. The van der Waals surface area contributed by atoms with E-state index in [9.17, 15) is 19.4 Å². The number of allylic oxidation sites excluding steroid dienone is 5. The van der Waals surface area contributed by atoms with Gasteiger partial charge in [-0.25, -0.2) is 0 Å². The number of nitrogens with zero attached hydrogens (tertiary/aromatic N) is 1. The smallest absolute Gasteiger partial charge is 0.268 e. The SMILES string of the molecule is CCCCCCCCCCC/C=C\CCCCCCCC(=O)NC(COP(=O)([O-])OCC[N+](C)(C)C)C(O)/C=C/CC/C=C/CCCCCCCCCCCCCCCC. The monoisotopic (exact) mass is 867 g/mol. The summed E-state index contributed by atoms with van der Waals surface area (Å²) in [5.74, 6) is -0.214. The van der Waals surface area contributed by atoms with Gasteiger partial charge in [0, 0.05) is 6.42 Å². The lowest BCUT2D eigenvalue weighted by Crippen LogP contribution is -2.45. The van der Waals surface area contributed by atoms with Crippen molar-refractivity contribution in [2.75, 3.05) is 40.9 Å². The first-order chi connectivity index (χ1) is 29.0. The second kappa shape index (κ2) is 43.0. The number of unbranched alkanes of at least 4 members (excludes halogenated alkanes) is 29. The number of likely N-dealkylation sites (N-methyl/N-ethyl adjacent to an activating group) is 1. The van der Waals surface area contributed by atoms with Crippen molar-refractivity contribution >= 4 is 13.7 Å². The van der Waals surface area contributed by atoms with E-state index in [2.05, 4.69) is 43.5 Å². The van der Waals surface area contributed by atoms with Crippen molar-refractivity contribution < 1.29 is 32.9 Å². The summed E-state index contributed by atoms with van der Waals surface area (Å²) in [4.78, 5) is 25.4. The highest BCUT2D eigenvalue weighted by molar-refractivity contribution is 7.45. The quantitative estimate of drug-likeness (QED) is 0.0273. The summed E-state index contributed by atoms with van der Waals surface area (Å²) in [5, 5.41) is 13.8. The van der Waals surface area contributed by atoms with Gasteiger partial charge < -0.3 is 28.8 Å². The highest BCUT2D eigenvalue weighted by Gasteiger charge is 2.23. The molecule has 0 radical (unpaired) electrons. The summed E-state index contributed by atoms with van der Waals surface area (Å²) >= 11 is 0. The fraction of sp³-hybridized carbons (Fsp3) is 0.863. The van der Waals surface area contributed by atoms with Gasteiger partial charge in [0.05, 0.1) is 39.9 Å². The number of nitrogens with one attached hydrogen (secondary N) is 1. The van der Waals surface area contributed by atoms with E-state index in [1.165, 1.54) is 161 Å². The van der Waals surface area contributed by atoms with Crippen molar-refractivity contribution in [2.24, 2.45) is 0 Å². The van der Waals surface area contributed by atoms with Gasteiger partial charge in [-0.3, -0.25) is 9.36 Å². The Balaban J connectivity index is 4.39. The van der Waals surface area contributed by atoms with Crippen LogP contribution < -0.4 is 10.2 Å². The first-order valence-corrected chi connectivity index (χ1v) is 26.8. The van der Waals surface area contributed by atoms with Crippen LogP contribution in [0.3, 0.4) is 0 Å². The van der Waals surface area contributed by atoms with Crippen LogP contribution in [-0.2, 0) is 18.4 Å². The molecule has 0 aromatic carbocycles. The third kappa shape index (κ3) is 44.8. The second-order valence-corrected chi connectivity index (χ2v) is 19.9. The predicted molar refractivity (Wildman–Crippen MR) is 256 cm³/mol. The largest absolute Gasteiger partial charge is 0.756 e. The molecule has 0 spiro atoms. The zero-order valence-corrected chi connectivity index (χ0v) is 41.1. The van der Waals surface area contributed by atoms with Crippen molar-refractivity contribution in [3.8, 4) is 0 Å². The molecule has 9 heteroatoms. The van der Waals surface area contributed by atoms with E-state index in [0.29, 0.717) is 17.4 Å². The Morgan fingerprint density at radius 1 is 0.567 bits per heavy atom. The summed E-state index contributed by atoms with van der Waals surface area (Å²) < 4.78 is 23.2. The fourth-order valence-corrected chi connectivity index (χ4v) is 8.00. The minimum atomic E-state index is -4.60. The van der Waals surface area contributed by atoms with Crippen LogP contribution in [-0.4, -0.2) is 68.5 Å². The number of amides is 1. The van der Waals surface area contributed by atoms with Gasteiger partial charge in [0.2, 0.25) is 5.91 Å². The van der Waals surface area contributed by atoms with Crippen LogP contribution in [0, 0.1) is 0 Å². The number of hydrogen-bond acceptors (Lipinski definition) is 6. The number of hydrogen-bond donors (Lipinski definition) is 2. The molecule has 0 saturated heterocycles. The number of aliphatic hydroxyl groups excluding tert-OH is 1. The van der Waals surface area contributed by atoms with Gasteiger partial charge in [0.15, 0.2) is 0 Å². The number of carbonyl (C=O) groups is 1. The van der Waals surface area contributed by atoms with Crippen LogP contribution in [0.2, 0.25) is 0 Å². The number of quaternary nitrogens is 1. The summed E-state index contributed by atoms with van der Waals surface area (Å²) in [7, 11) is 1.24. The van der Waals surface area contributed by atoms with Crippen LogP contribution in [0.5, 0.6) is 0 Å². The number of aliphatic hydroxyl groups is 1. The van der Waals surface area contributed by atoms with Crippen LogP contribution >= 0.6 is 7.82 Å². The van der Waals surface area contributed by atoms with E-state index in [1.54, 1.807) is 6.08 Å². The maximum atomic E-state index is 12.9. The molecule has 0 saturated carbocycles. The minimum Gasteiger partial charge on any atom is -0.756 e. The van der Waals surface area contributed by atoms with Crippen LogP contribution in [0.15, 0.2) is 36.5 Å². The maximum Gasteiger partial charge on any atom is 0.268 e. The lowest BCUT2D eigenvalue weighted by Gasteiger charge is -2.29. The Morgan fingerprint density at radius 3 is 1.35 bits per heavy atom. The Bertz CT molecular complexity index is 1070. The van der Waals surface area contributed by atoms with Crippen molar-refractivity contribution in [1.82, 2.24) is 5.32 Å². The van der Waals surface area contributed by atoms with Crippen molar-refractivity contribution in [3.63, 3.8) is 0 Å². The zero-order valence-electron chi connectivity index (χ0n) is 40.2. The second-order valence-electron chi connectivity index (χ2n) is 18.5. The van der Waals surface area contributed by atoms with E-state index in [0.717, 1.165) is 51.4 Å². The summed E-state index contributed by atoms with van der Waals surface area (Å²) in [6.45, 7) is 4.64. The molecule has 0 aromatic heterocycles. The Hall–Kier alpha value is -1.28. The number of carbonyl (C=O) groups excluding carboxylic acids is 1. The molecular weight excluding hydrogens is 768 g/mol. The molecule has 0 aliphatic heterocycles. The molecule has 8 nitrogen and oxygen atoms in total. The molecule has 3 unspecified atom stereocenters. The standard InChI is InChI=1S/C51H99N2O6P/c1-6-8-10-12-14-16-18-20-22-24-26-27-28-30-32-34-36-38-40-42-44-50(54)49(48-59-60(56,57)58-47-46-53(3,4)5)52-51(55)45-43-41-39-37-35-33-31-29-25-23-21-19-17-15-13-11-9-7-2/h29,31,34,36,42,44,49-50,54H,6-28,30,32-33,35,37-41,43,45-48H2,1-5H3,(H-,52,55,56,57)/b31-29-,36-34+,44-42+. The Labute approximate surface area is 372 Å². The molecular formula is C51H99N2O6P. The molecule has 0 rings (SSSR count). The predicted octanol–water partition coefficient (Wildman–Crippen LogP) is 14.0. The molecule has 0 aliphatic carbocycles. The topological polar surface area (TPSA) is 108 Å². The molecule has 354 valence electrons. The molecule has 3 atom stereocenters. The first-order valence-electron chi connectivity index (χ1n) is 25.4. The summed E-state index contributed by atoms with van der Waals surface area (Å²) in [6, 6.07) is -0.906. The lowest BCUT2D eigenvalue weighted by molar-refractivity contribution is -0.870. The van der Waals surface area contributed by atoms with Gasteiger partial charge in [-0.05, 0) is 57.8 Å². The van der Waals surface area contributed by atoms with Gasteiger partial charge in [-0.2, -0.15) is 0 Å². The molecule has 60 heavy (non-hydrogen) atoms. The van der Waals surface area contributed by atoms with Crippen molar-refractivity contribution in [3.05, 3.63) is 36.5 Å². The van der Waals surface area contributed by atoms with Crippen molar-refractivity contribution in [1.29, 1.82) is 0 Å². The molecule has 0 fully saturated rings. The normalized spacial score (nSPS) is 14.4. The highest BCUT2D eigenvalue weighted by atomic mass is 31.2. The van der Waals surface area contributed by atoms with Gasteiger partial charge in [-0.15, -0.1) is 0 Å². The number of phosphoric ester groups is 1. The summed E-state index contributed by atoms with van der Waals surface area (Å²) in [6.07, 6.45) is 53.4. The molecule has 0 aromatic rings. The van der Waals surface area contributed by atoms with Gasteiger partial charge in [0.25, 0.3) is 7.82 Å². The third-order valence-corrected chi connectivity index (χ3v) is 12.3. The zero-order chi connectivity index (χ0) is 44.3. The maximum absolute atomic E-state index is 12.9. The van der Waals surface area contributed by atoms with E-state index in [1.807, 2.05) is 27.2 Å². The average Bonchev–Trinajstić information content (AvgIpc) is 3.20. The summed E-state index contributed by atoms with van der Waals surface area (Å²) in [5.41, 5.74) is 0. The molecule has 0 heterocycles. The van der Waals surface area contributed by atoms with Crippen LogP contribution in [0.1, 0.15) is 232 Å². The first kappa shape index (κ1) is 58.7. The van der Waals surface area contributed by atoms with Crippen LogP contribution in [0.4, 0.5) is 0 Å². The Kier molecular flexibility index (Phi) is 42.1. The van der Waals surface area contributed by atoms with Crippen molar-refractivity contribution in [2.45, 2.75) is 244 Å². The van der Waals surface area contributed by atoms with E-state index in [4.69, 9.17) is 9.05 Å². The van der Waals surface area contributed by atoms with Gasteiger partial charge in [0.1, 0.15) is 13.2 Å². The van der Waals surface area contributed by atoms with Crippen LogP contribution in [0.25, 0.3) is 0 Å². The molecule has 1 amide bonds. The minimum absolute atomic E-state index is 0.00762. The average molecular weight is 867 g/mol. The molecule has 0 bridgehead atoms. The number of phosphoric acid groups is 1. The van der Waals surface area contributed by atoms with E-state index >= 15 is 0 Å². The molecule has 0 aliphatic rings. The lowest BCUT2D eigenvalue weighted by atomic mass is 10.0. The van der Waals surface area contributed by atoms with E-state index < -0.39 is 26.6 Å². The van der Waals surface area contributed by atoms with E-state index in [-0.39, 0.29) is 12.5 Å². The van der Waals surface area contributed by atoms with Gasteiger partial charge >= 0.3 is 0 Å². The fourth-order valence-electron chi connectivity index (χ4n) is 7.28. The highest BCUT2D eigenvalue weighted by Crippen LogP contribution is 2.38. The van der Waals surface area contributed by atoms with Gasteiger partial charge in [-0.1, -0.05) is 204 Å². The number of rotatable bonds is 46. The Morgan fingerprint density at radius 2 is 0.933 bits per heavy atom. The third-order valence-electron chi connectivity index (χ3n) is 11.3.